The van der Waals surface area contributed by atoms with Crippen LogP contribution in [0.1, 0.15) is 31.7 Å². The molecule has 0 aromatic heterocycles. The third-order valence-corrected chi connectivity index (χ3v) is 3.86. The van der Waals surface area contributed by atoms with Gasteiger partial charge in [0.05, 0.1) is 17.1 Å². The minimum Gasteiger partial charge on any atom is -0.393 e. The van der Waals surface area contributed by atoms with Crippen molar-refractivity contribution < 1.29 is 14.4 Å². The van der Waals surface area contributed by atoms with E-state index < -0.39 is 16.8 Å². The number of nitro groups is 1. The van der Waals surface area contributed by atoms with Crippen LogP contribution in [0.15, 0.2) is 18.2 Å². The number of aliphatic hydroxyl groups excluding tert-OH is 1. The maximum Gasteiger partial charge on any atom is 0.272 e. The van der Waals surface area contributed by atoms with E-state index in [0.717, 1.165) is 25.3 Å². The first-order valence-corrected chi connectivity index (χ1v) is 6.57. The summed E-state index contributed by atoms with van der Waals surface area (Å²) in [6, 6.07) is 3.64. The van der Waals surface area contributed by atoms with E-state index in [9.17, 15) is 19.6 Å². The van der Waals surface area contributed by atoms with Crippen molar-refractivity contribution >= 4 is 5.69 Å². The Balaban J connectivity index is 2.16. The van der Waals surface area contributed by atoms with Gasteiger partial charge >= 0.3 is 0 Å². The summed E-state index contributed by atoms with van der Waals surface area (Å²) in [6.07, 6.45) is 2.73. The van der Waals surface area contributed by atoms with Crippen molar-refractivity contribution in [3.8, 4) is 0 Å². The largest absolute Gasteiger partial charge is 0.393 e. The lowest BCUT2D eigenvalue weighted by atomic mass is 9.77. The molecule has 5 heteroatoms. The fourth-order valence-electron chi connectivity index (χ4n) is 2.86. The Morgan fingerprint density at radius 1 is 1.42 bits per heavy atom. The zero-order valence-corrected chi connectivity index (χ0v) is 10.9. The van der Waals surface area contributed by atoms with Crippen LogP contribution < -0.4 is 0 Å². The van der Waals surface area contributed by atoms with E-state index in [1.54, 1.807) is 0 Å². The lowest BCUT2D eigenvalue weighted by Gasteiger charge is -2.31. The molecule has 1 aromatic rings. The molecule has 1 fully saturated rings. The summed E-state index contributed by atoms with van der Waals surface area (Å²) >= 11 is 0. The highest BCUT2D eigenvalue weighted by atomic mass is 19.1. The summed E-state index contributed by atoms with van der Waals surface area (Å²) in [5.41, 5.74) is 0.359. The zero-order valence-electron chi connectivity index (χ0n) is 10.9. The van der Waals surface area contributed by atoms with Crippen LogP contribution in [0.25, 0.3) is 0 Å². The molecule has 1 N–H and O–H groups in total. The predicted octanol–water partition coefficient (Wildman–Crippen LogP) is 3.07. The Morgan fingerprint density at radius 2 is 2.16 bits per heavy atom. The molecule has 0 saturated heterocycles. The fourth-order valence-corrected chi connectivity index (χ4v) is 2.86. The van der Waals surface area contributed by atoms with E-state index in [1.165, 1.54) is 12.1 Å². The van der Waals surface area contributed by atoms with Crippen molar-refractivity contribution in [1.82, 2.24) is 0 Å². The molecule has 4 nitrogen and oxygen atoms in total. The van der Waals surface area contributed by atoms with Gasteiger partial charge in [0.2, 0.25) is 0 Å². The number of rotatable bonds is 3. The number of nitrogens with zero attached hydrogens (tertiary/aromatic N) is 1. The average molecular weight is 267 g/mol. The molecule has 0 aliphatic heterocycles. The van der Waals surface area contributed by atoms with Gasteiger partial charge < -0.3 is 5.11 Å². The van der Waals surface area contributed by atoms with Crippen LogP contribution in [0, 0.1) is 27.8 Å². The average Bonchev–Trinajstić information content (AvgIpc) is 2.33. The van der Waals surface area contributed by atoms with Gasteiger partial charge in [0.15, 0.2) is 0 Å². The van der Waals surface area contributed by atoms with Gasteiger partial charge in [-0.15, -0.1) is 0 Å². The van der Waals surface area contributed by atoms with E-state index in [1.807, 2.05) is 0 Å². The monoisotopic (exact) mass is 267 g/mol. The molecule has 0 amide bonds. The molecule has 19 heavy (non-hydrogen) atoms. The van der Waals surface area contributed by atoms with Gasteiger partial charge in [-0.2, -0.15) is 0 Å². The lowest BCUT2D eigenvalue weighted by Crippen LogP contribution is -2.29. The quantitative estimate of drug-likeness (QED) is 0.676. The Kier molecular flexibility index (Phi) is 4.14. The predicted molar refractivity (Wildman–Crippen MR) is 69.3 cm³/mol. The number of hydrogen-bond acceptors (Lipinski definition) is 3. The summed E-state index contributed by atoms with van der Waals surface area (Å²) < 4.78 is 13.3. The Morgan fingerprint density at radius 3 is 2.84 bits per heavy atom. The van der Waals surface area contributed by atoms with Crippen molar-refractivity contribution in [3.63, 3.8) is 0 Å². The maximum atomic E-state index is 13.3. The maximum absolute atomic E-state index is 13.3. The van der Waals surface area contributed by atoms with Gasteiger partial charge in [-0.3, -0.25) is 10.1 Å². The number of hydrogen-bond donors (Lipinski definition) is 1. The molecule has 0 radical (unpaired) electrons. The molecule has 3 atom stereocenters. The first-order chi connectivity index (χ1) is 8.95. The molecule has 2 rings (SSSR count). The zero-order chi connectivity index (χ0) is 14.0. The second kappa shape index (κ2) is 5.65. The van der Waals surface area contributed by atoms with Crippen LogP contribution in [0.4, 0.5) is 10.1 Å². The second-order valence-electron chi connectivity index (χ2n) is 5.52. The summed E-state index contributed by atoms with van der Waals surface area (Å²) in [7, 11) is 0. The van der Waals surface area contributed by atoms with E-state index in [0.29, 0.717) is 17.9 Å². The van der Waals surface area contributed by atoms with Crippen molar-refractivity contribution in [2.45, 2.75) is 38.7 Å². The molecule has 1 aliphatic carbocycles. The Bertz CT molecular complexity index is 478. The van der Waals surface area contributed by atoms with Crippen molar-refractivity contribution in [1.29, 1.82) is 0 Å². The lowest BCUT2D eigenvalue weighted by molar-refractivity contribution is -0.385. The molecule has 0 heterocycles. The molecular weight excluding hydrogens is 249 g/mol. The van der Waals surface area contributed by atoms with E-state index in [-0.39, 0.29) is 11.6 Å². The SMILES string of the molecule is CC1CCC(O)C(Cc2cc(F)cc([N+](=O)[O-])c2)C1. The van der Waals surface area contributed by atoms with Crippen LogP contribution in [0.5, 0.6) is 0 Å². The van der Waals surface area contributed by atoms with Gasteiger partial charge in [-0.1, -0.05) is 6.92 Å². The van der Waals surface area contributed by atoms with Gasteiger partial charge in [0.1, 0.15) is 5.82 Å². The van der Waals surface area contributed by atoms with E-state index >= 15 is 0 Å². The number of non-ortho nitro benzene ring substituents is 1. The van der Waals surface area contributed by atoms with Crippen LogP contribution in [0.2, 0.25) is 0 Å². The fraction of sp³-hybridized carbons (Fsp3) is 0.571. The standard InChI is InChI=1S/C14H18FNO3/c1-9-2-3-14(17)11(4-9)5-10-6-12(15)8-13(7-10)16(18)19/h6-9,11,14,17H,2-5H2,1H3. The number of aliphatic hydroxyl groups is 1. The molecular formula is C14H18FNO3. The van der Waals surface area contributed by atoms with Crippen molar-refractivity contribution in [3.05, 3.63) is 39.7 Å². The summed E-state index contributed by atoms with van der Waals surface area (Å²) in [4.78, 5) is 10.1. The van der Waals surface area contributed by atoms with Crippen LogP contribution in [-0.4, -0.2) is 16.1 Å². The normalized spacial score (nSPS) is 27.2. The smallest absolute Gasteiger partial charge is 0.272 e. The third kappa shape index (κ3) is 3.50. The minimum atomic E-state index is -0.595. The highest BCUT2D eigenvalue weighted by Crippen LogP contribution is 2.32. The Hall–Kier alpha value is -1.49. The molecule has 1 aromatic carbocycles. The van der Waals surface area contributed by atoms with E-state index in [4.69, 9.17) is 0 Å². The summed E-state index contributed by atoms with van der Waals surface area (Å²) in [6.45, 7) is 2.13. The van der Waals surface area contributed by atoms with E-state index in [2.05, 4.69) is 6.92 Å². The number of benzene rings is 1. The molecule has 0 spiro atoms. The third-order valence-electron chi connectivity index (χ3n) is 3.86. The first-order valence-electron chi connectivity index (χ1n) is 6.57. The van der Waals surface area contributed by atoms with Crippen LogP contribution in [-0.2, 0) is 6.42 Å². The first kappa shape index (κ1) is 13.9. The van der Waals surface area contributed by atoms with Crippen molar-refractivity contribution in [2.24, 2.45) is 11.8 Å². The van der Waals surface area contributed by atoms with Crippen molar-refractivity contribution in [2.75, 3.05) is 0 Å². The number of nitro benzene ring substituents is 1. The van der Waals surface area contributed by atoms with Crippen LogP contribution >= 0.6 is 0 Å². The molecule has 3 unspecified atom stereocenters. The summed E-state index contributed by atoms with van der Waals surface area (Å²) in [5, 5.41) is 20.7. The topological polar surface area (TPSA) is 63.4 Å². The van der Waals surface area contributed by atoms with Gasteiger partial charge in [-0.05, 0) is 49.1 Å². The summed E-state index contributed by atoms with van der Waals surface area (Å²) in [5.74, 6) is 0.00430. The van der Waals surface area contributed by atoms with Gasteiger partial charge in [0, 0.05) is 6.07 Å². The molecule has 1 aliphatic rings. The van der Waals surface area contributed by atoms with Gasteiger partial charge in [-0.25, -0.2) is 4.39 Å². The highest BCUT2D eigenvalue weighted by Gasteiger charge is 2.27. The highest BCUT2D eigenvalue weighted by molar-refractivity contribution is 5.35. The minimum absolute atomic E-state index is 0.0603. The molecule has 104 valence electrons. The molecule has 0 bridgehead atoms. The van der Waals surface area contributed by atoms with Gasteiger partial charge in [0.25, 0.3) is 5.69 Å². The molecule has 1 saturated carbocycles. The number of halogens is 1. The Labute approximate surface area is 111 Å². The van der Waals surface area contributed by atoms with Crippen LogP contribution in [0.3, 0.4) is 0 Å². The second-order valence-corrected chi connectivity index (χ2v) is 5.52.